The summed E-state index contributed by atoms with van der Waals surface area (Å²) in [6, 6.07) is 7.31. The number of morpholine rings is 1. The van der Waals surface area contributed by atoms with Gasteiger partial charge in [0.1, 0.15) is 5.82 Å². The van der Waals surface area contributed by atoms with Crippen LogP contribution in [0.3, 0.4) is 0 Å². The average Bonchev–Trinajstić information content (AvgIpc) is 2.97. The number of hydrogen-bond acceptors (Lipinski definition) is 4. The highest BCUT2D eigenvalue weighted by atomic mass is 35.5. The van der Waals surface area contributed by atoms with E-state index in [2.05, 4.69) is 15.3 Å². The van der Waals surface area contributed by atoms with Gasteiger partial charge in [0, 0.05) is 43.5 Å². The van der Waals surface area contributed by atoms with E-state index < -0.39 is 0 Å². The largest absolute Gasteiger partial charge is 0.379 e. The van der Waals surface area contributed by atoms with E-state index in [0.717, 1.165) is 50.9 Å². The zero-order chi connectivity index (χ0) is 15.4. The molecule has 1 aromatic carbocycles. The third-order valence-corrected chi connectivity index (χ3v) is 4.12. The van der Waals surface area contributed by atoms with Gasteiger partial charge in [-0.05, 0) is 18.2 Å². The minimum Gasteiger partial charge on any atom is -0.379 e. The van der Waals surface area contributed by atoms with Crippen LogP contribution in [0.15, 0.2) is 30.5 Å². The van der Waals surface area contributed by atoms with Gasteiger partial charge in [-0.3, -0.25) is 4.90 Å². The lowest BCUT2D eigenvalue weighted by atomic mass is 10.3. The number of nitrogens with one attached hydrogen (secondary N) is 1. The van der Waals surface area contributed by atoms with Gasteiger partial charge in [0.25, 0.3) is 0 Å². The summed E-state index contributed by atoms with van der Waals surface area (Å²) in [6.45, 7) is 5.48. The van der Waals surface area contributed by atoms with Crippen molar-refractivity contribution in [2.24, 2.45) is 0 Å². The molecule has 5 nitrogen and oxygen atoms in total. The molecule has 1 fully saturated rings. The van der Waals surface area contributed by atoms with E-state index in [0.29, 0.717) is 10.0 Å². The molecule has 0 saturated carbocycles. The molecule has 0 aliphatic carbocycles. The fourth-order valence-corrected chi connectivity index (χ4v) is 2.88. The van der Waals surface area contributed by atoms with E-state index in [1.165, 1.54) is 0 Å². The van der Waals surface area contributed by atoms with E-state index in [4.69, 9.17) is 27.9 Å². The highest BCUT2D eigenvalue weighted by molar-refractivity contribution is 6.35. The first kappa shape index (κ1) is 15.6. The lowest BCUT2D eigenvalue weighted by Crippen LogP contribution is -2.39. The molecule has 1 aliphatic rings. The van der Waals surface area contributed by atoms with Gasteiger partial charge in [0.05, 0.1) is 23.9 Å². The van der Waals surface area contributed by atoms with Crippen LogP contribution in [0.4, 0.5) is 5.82 Å². The minimum atomic E-state index is 0.579. The average molecular weight is 341 g/mol. The molecule has 2 heterocycles. The molecule has 0 unspecified atom stereocenters. The number of nitrogens with zero attached hydrogens (tertiary/aromatic N) is 3. The highest BCUT2D eigenvalue weighted by Gasteiger charge is 2.10. The lowest BCUT2D eigenvalue weighted by Gasteiger charge is -2.26. The van der Waals surface area contributed by atoms with Crippen LogP contribution in [0, 0.1) is 0 Å². The summed E-state index contributed by atoms with van der Waals surface area (Å²) in [5, 5.41) is 9.01. The third kappa shape index (κ3) is 3.93. The lowest BCUT2D eigenvalue weighted by molar-refractivity contribution is 0.0398. The van der Waals surface area contributed by atoms with E-state index >= 15 is 0 Å². The summed E-state index contributed by atoms with van der Waals surface area (Å²) in [5.74, 6) is 0.833. The monoisotopic (exact) mass is 340 g/mol. The first-order valence-electron chi connectivity index (χ1n) is 7.27. The summed E-state index contributed by atoms with van der Waals surface area (Å²) >= 11 is 12.1. The zero-order valence-electron chi connectivity index (χ0n) is 12.1. The summed E-state index contributed by atoms with van der Waals surface area (Å²) in [4.78, 5) is 2.38. The van der Waals surface area contributed by atoms with Crippen molar-refractivity contribution < 1.29 is 4.74 Å². The first-order chi connectivity index (χ1) is 10.7. The maximum absolute atomic E-state index is 6.20. The van der Waals surface area contributed by atoms with Crippen molar-refractivity contribution in [2.75, 3.05) is 44.7 Å². The Labute approximate surface area is 139 Å². The number of rotatable bonds is 5. The fraction of sp³-hybridized carbons (Fsp3) is 0.400. The molecule has 0 amide bonds. The zero-order valence-corrected chi connectivity index (χ0v) is 13.6. The molecule has 7 heteroatoms. The quantitative estimate of drug-likeness (QED) is 0.908. The standard InChI is InChI=1S/C15H18Cl2N4O/c16-12-1-2-14(13(17)11-12)21-5-3-15(19-21)18-4-6-20-7-9-22-10-8-20/h1-3,5,11H,4,6-10H2,(H,18,19). The summed E-state index contributed by atoms with van der Waals surface area (Å²) in [5.41, 5.74) is 0.812. The van der Waals surface area contributed by atoms with E-state index in [1.807, 2.05) is 18.3 Å². The van der Waals surface area contributed by atoms with Gasteiger partial charge in [-0.25, -0.2) is 4.68 Å². The molecule has 118 valence electrons. The van der Waals surface area contributed by atoms with Crippen molar-refractivity contribution in [3.05, 3.63) is 40.5 Å². The Morgan fingerprint density at radius 1 is 1.18 bits per heavy atom. The van der Waals surface area contributed by atoms with Gasteiger partial charge in [-0.1, -0.05) is 23.2 Å². The predicted octanol–water partition coefficient (Wildman–Crippen LogP) is 2.92. The maximum Gasteiger partial charge on any atom is 0.148 e. The molecule has 3 rings (SSSR count). The van der Waals surface area contributed by atoms with Crippen molar-refractivity contribution >= 4 is 29.0 Å². The topological polar surface area (TPSA) is 42.3 Å². The number of hydrogen-bond donors (Lipinski definition) is 1. The minimum absolute atomic E-state index is 0.579. The predicted molar refractivity (Wildman–Crippen MR) is 89.3 cm³/mol. The number of benzene rings is 1. The molecule has 1 aromatic heterocycles. The fourth-order valence-electron chi connectivity index (χ4n) is 2.39. The Morgan fingerprint density at radius 2 is 2.00 bits per heavy atom. The van der Waals surface area contributed by atoms with Crippen molar-refractivity contribution in [2.45, 2.75) is 0 Å². The van der Waals surface area contributed by atoms with Gasteiger partial charge < -0.3 is 10.1 Å². The Hall–Kier alpha value is -1.27. The molecule has 0 spiro atoms. The van der Waals surface area contributed by atoms with E-state index in [1.54, 1.807) is 16.8 Å². The molecule has 1 saturated heterocycles. The van der Waals surface area contributed by atoms with Crippen LogP contribution in [-0.4, -0.2) is 54.1 Å². The molecule has 22 heavy (non-hydrogen) atoms. The van der Waals surface area contributed by atoms with E-state index in [-0.39, 0.29) is 0 Å². The molecular formula is C15H18Cl2N4O. The molecule has 1 aliphatic heterocycles. The van der Waals surface area contributed by atoms with Crippen LogP contribution in [0.1, 0.15) is 0 Å². The molecule has 0 radical (unpaired) electrons. The van der Waals surface area contributed by atoms with Crippen LogP contribution < -0.4 is 5.32 Å². The van der Waals surface area contributed by atoms with Crippen LogP contribution in [-0.2, 0) is 4.74 Å². The third-order valence-electron chi connectivity index (χ3n) is 3.58. The van der Waals surface area contributed by atoms with Crippen molar-refractivity contribution in [3.63, 3.8) is 0 Å². The van der Waals surface area contributed by atoms with Crippen molar-refractivity contribution in [3.8, 4) is 5.69 Å². The molecule has 2 aromatic rings. The summed E-state index contributed by atoms with van der Waals surface area (Å²) in [7, 11) is 0. The van der Waals surface area contributed by atoms with Crippen LogP contribution >= 0.6 is 23.2 Å². The number of anilines is 1. The molecule has 0 bridgehead atoms. The molecule has 1 N–H and O–H groups in total. The Bertz CT molecular complexity index is 626. The van der Waals surface area contributed by atoms with Crippen LogP contribution in [0.2, 0.25) is 10.0 Å². The normalized spacial score (nSPS) is 15.9. The van der Waals surface area contributed by atoms with E-state index in [9.17, 15) is 0 Å². The summed E-state index contributed by atoms with van der Waals surface area (Å²) < 4.78 is 7.08. The van der Waals surface area contributed by atoms with Crippen molar-refractivity contribution in [1.29, 1.82) is 0 Å². The second-order valence-corrected chi connectivity index (χ2v) is 5.97. The number of halogens is 2. The number of aromatic nitrogens is 2. The van der Waals surface area contributed by atoms with Gasteiger partial charge in [-0.15, -0.1) is 0 Å². The number of ether oxygens (including phenoxy) is 1. The van der Waals surface area contributed by atoms with Gasteiger partial charge >= 0.3 is 0 Å². The Balaban J connectivity index is 1.56. The molecular weight excluding hydrogens is 323 g/mol. The Kier molecular flexibility index (Phi) is 5.20. The second kappa shape index (κ2) is 7.33. The van der Waals surface area contributed by atoms with Crippen molar-refractivity contribution in [1.82, 2.24) is 14.7 Å². The van der Waals surface area contributed by atoms with Crippen LogP contribution in [0.25, 0.3) is 5.69 Å². The highest BCUT2D eigenvalue weighted by Crippen LogP contribution is 2.24. The SMILES string of the molecule is Clc1ccc(-n2ccc(NCCN3CCOCC3)n2)c(Cl)c1. The summed E-state index contributed by atoms with van der Waals surface area (Å²) in [6.07, 6.45) is 1.88. The first-order valence-corrected chi connectivity index (χ1v) is 8.03. The van der Waals surface area contributed by atoms with Gasteiger partial charge in [0.2, 0.25) is 0 Å². The maximum atomic E-state index is 6.20. The van der Waals surface area contributed by atoms with Gasteiger partial charge in [0.15, 0.2) is 0 Å². The Morgan fingerprint density at radius 3 is 2.77 bits per heavy atom. The second-order valence-electron chi connectivity index (χ2n) is 5.12. The molecule has 0 atom stereocenters. The van der Waals surface area contributed by atoms with Gasteiger partial charge in [-0.2, -0.15) is 5.10 Å². The van der Waals surface area contributed by atoms with Crippen LogP contribution in [0.5, 0.6) is 0 Å². The smallest absolute Gasteiger partial charge is 0.148 e.